The summed E-state index contributed by atoms with van der Waals surface area (Å²) in [6, 6.07) is 15.8. The third-order valence-electron chi connectivity index (χ3n) is 3.82. The Bertz CT molecular complexity index is 868. The van der Waals surface area contributed by atoms with Gasteiger partial charge in [-0.25, -0.2) is 4.98 Å². The molecule has 2 aromatic carbocycles. The second-order valence-corrected chi connectivity index (χ2v) is 6.87. The maximum Gasteiger partial charge on any atom is 0.209 e. The summed E-state index contributed by atoms with van der Waals surface area (Å²) >= 11 is 1.58. The van der Waals surface area contributed by atoms with E-state index in [1.165, 1.54) is 0 Å². The molecule has 140 valence electrons. The van der Waals surface area contributed by atoms with Gasteiger partial charge in [0.05, 0.1) is 13.2 Å². The molecule has 0 unspecified atom stereocenters. The molecule has 27 heavy (non-hydrogen) atoms. The molecule has 1 heterocycles. The highest BCUT2D eigenvalue weighted by molar-refractivity contribution is 7.99. The van der Waals surface area contributed by atoms with Crippen molar-refractivity contribution in [3.8, 4) is 34.0 Å². The summed E-state index contributed by atoms with van der Waals surface area (Å²) < 4.78 is 11.1. The van der Waals surface area contributed by atoms with Crippen LogP contribution in [-0.4, -0.2) is 34.1 Å². The predicted octanol–water partition coefficient (Wildman–Crippen LogP) is 5.12. The highest BCUT2D eigenvalue weighted by Gasteiger charge is 2.14. The molecule has 0 aliphatic heterocycles. The Morgan fingerprint density at radius 3 is 1.70 bits per heavy atom. The molecule has 1 aromatic heterocycles. The van der Waals surface area contributed by atoms with Crippen molar-refractivity contribution in [3.63, 3.8) is 0 Å². The van der Waals surface area contributed by atoms with Crippen molar-refractivity contribution < 1.29 is 9.47 Å². The van der Waals surface area contributed by atoms with Gasteiger partial charge in [0.1, 0.15) is 22.9 Å². The molecule has 0 aliphatic rings. The lowest BCUT2D eigenvalue weighted by Gasteiger charge is -2.11. The van der Waals surface area contributed by atoms with E-state index in [-0.39, 0.29) is 0 Å². The average molecular weight is 382 g/mol. The highest BCUT2D eigenvalue weighted by Crippen LogP contribution is 2.31. The molecular formula is C21H23N3O2S. The molecule has 0 amide bonds. The van der Waals surface area contributed by atoms with Crippen molar-refractivity contribution in [1.82, 2.24) is 15.2 Å². The van der Waals surface area contributed by atoms with Crippen LogP contribution in [0.5, 0.6) is 11.5 Å². The minimum absolute atomic E-state index is 0.640. The van der Waals surface area contributed by atoms with Crippen LogP contribution in [-0.2, 0) is 0 Å². The molecule has 0 bridgehead atoms. The maximum absolute atomic E-state index is 5.54. The van der Waals surface area contributed by atoms with Gasteiger partial charge in [0.2, 0.25) is 5.16 Å². The van der Waals surface area contributed by atoms with Gasteiger partial charge in [0, 0.05) is 11.1 Å². The fourth-order valence-electron chi connectivity index (χ4n) is 2.65. The van der Waals surface area contributed by atoms with Crippen LogP contribution in [0, 0.1) is 0 Å². The van der Waals surface area contributed by atoms with Crippen LogP contribution < -0.4 is 9.47 Å². The number of rotatable bonds is 8. The first-order valence-electron chi connectivity index (χ1n) is 9.09. The molecule has 0 saturated heterocycles. The number of ether oxygens (including phenoxy) is 2. The van der Waals surface area contributed by atoms with E-state index >= 15 is 0 Å². The van der Waals surface area contributed by atoms with E-state index in [1.54, 1.807) is 11.8 Å². The number of hydrogen-bond donors (Lipinski definition) is 0. The summed E-state index contributed by atoms with van der Waals surface area (Å²) in [5, 5.41) is 9.43. The quantitative estimate of drug-likeness (QED) is 0.505. The van der Waals surface area contributed by atoms with E-state index in [9.17, 15) is 0 Å². The molecule has 0 N–H and O–H groups in total. The van der Waals surface area contributed by atoms with Gasteiger partial charge in [0.15, 0.2) is 0 Å². The van der Waals surface area contributed by atoms with E-state index in [2.05, 4.69) is 17.1 Å². The summed E-state index contributed by atoms with van der Waals surface area (Å²) in [6.45, 7) is 7.30. The second kappa shape index (κ2) is 9.37. The smallest absolute Gasteiger partial charge is 0.209 e. The van der Waals surface area contributed by atoms with E-state index in [4.69, 9.17) is 14.5 Å². The van der Waals surface area contributed by atoms with Crippen LogP contribution in [0.3, 0.4) is 0 Å². The van der Waals surface area contributed by atoms with Gasteiger partial charge >= 0.3 is 0 Å². The summed E-state index contributed by atoms with van der Waals surface area (Å²) in [7, 11) is 0. The van der Waals surface area contributed by atoms with Crippen LogP contribution in [0.25, 0.3) is 22.5 Å². The standard InChI is InChI=1S/C21H23N3O2S/c1-4-25-17-11-7-15(8-12-17)19-20(23-24-21(22-19)27-6-3)16-9-13-18(14-10-16)26-5-2/h7-14H,4-6H2,1-3H3. The SMILES string of the molecule is CCOc1ccc(-c2nnc(SCC)nc2-c2ccc(OCC)cc2)cc1. The highest BCUT2D eigenvalue weighted by atomic mass is 32.2. The van der Waals surface area contributed by atoms with E-state index in [0.29, 0.717) is 18.4 Å². The predicted molar refractivity (Wildman–Crippen MR) is 109 cm³/mol. The lowest BCUT2D eigenvalue weighted by molar-refractivity contribution is 0.340. The normalized spacial score (nSPS) is 10.6. The van der Waals surface area contributed by atoms with Gasteiger partial charge in [-0.2, -0.15) is 0 Å². The summed E-state index contributed by atoms with van der Waals surface area (Å²) in [6.07, 6.45) is 0. The number of nitrogens with zero attached hydrogens (tertiary/aromatic N) is 3. The molecule has 0 atom stereocenters. The van der Waals surface area contributed by atoms with Crippen LogP contribution in [0.1, 0.15) is 20.8 Å². The Hall–Kier alpha value is -2.60. The Kier molecular flexibility index (Phi) is 6.65. The molecular weight excluding hydrogens is 358 g/mol. The van der Waals surface area contributed by atoms with Crippen molar-refractivity contribution >= 4 is 11.8 Å². The van der Waals surface area contributed by atoms with Crippen LogP contribution >= 0.6 is 11.8 Å². The largest absolute Gasteiger partial charge is 0.494 e. The van der Waals surface area contributed by atoms with Gasteiger partial charge in [-0.05, 0) is 68.1 Å². The molecule has 0 aliphatic carbocycles. The monoisotopic (exact) mass is 381 g/mol. The summed E-state index contributed by atoms with van der Waals surface area (Å²) in [5.74, 6) is 2.57. The Balaban J connectivity index is 2.02. The first kappa shape index (κ1) is 19.2. The summed E-state index contributed by atoms with van der Waals surface area (Å²) in [5.41, 5.74) is 3.50. The van der Waals surface area contributed by atoms with Gasteiger partial charge in [0.25, 0.3) is 0 Å². The molecule has 5 nitrogen and oxygen atoms in total. The Morgan fingerprint density at radius 1 is 0.704 bits per heavy atom. The zero-order valence-electron chi connectivity index (χ0n) is 15.8. The van der Waals surface area contributed by atoms with Crippen LogP contribution in [0.2, 0.25) is 0 Å². The fourth-order valence-corrected chi connectivity index (χ4v) is 3.16. The zero-order valence-corrected chi connectivity index (χ0v) is 16.6. The van der Waals surface area contributed by atoms with Gasteiger partial charge < -0.3 is 9.47 Å². The Morgan fingerprint density at radius 2 is 1.22 bits per heavy atom. The van der Waals surface area contributed by atoms with Crippen molar-refractivity contribution in [2.45, 2.75) is 25.9 Å². The number of benzene rings is 2. The molecule has 0 saturated carbocycles. The molecule has 3 aromatic rings. The van der Waals surface area contributed by atoms with Crippen molar-refractivity contribution in [1.29, 1.82) is 0 Å². The lowest BCUT2D eigenvalue weighted by atomic mass is 10.0. The number of aromatic nitrogens is 3. The topological polar surface area (TPSA) is 57.1 Å². The van der Waals surface area contributed by atoms with E-state index in [0.717, 1.165) is 39.8 Å². The van der Waals surface area contributed by atoms with Crippen molar-refractivity contribution in [3.05, 3.63) is 48.5 Å². The fraction of sp³-hybridized carbons (Fsp3) is 0.286. The minimum Gasteiger partial charge on any atom is -0.494 e. The minimum atomic E-state index is 0.640. The van der Waals surface area contributed by atoms with E-state index < -0.39 is 0 Å². The van der Waals surface area contributed by atoms with E-state index in [1.807, 2.05) is 62.4 Å². The van der Waals surface area contributed by atoms with Crippen LogP contribution in [0.4, 0.5) is 0 Å². The molecule has 0 radical (unpaired) electrons. The molecule has 0 fully saturated rings. The molecule has 0 spiro atoms. The third-order valence-corrected chi connectivity index (χ3v) is 4.54. The van der Waals surface area contributed by atoms with Crippen molar-refractivity contribution in [2.24, 2.45) is 0 Å². The second-order valence-electron chi connectivity index (χ2n) is 5.64. The number of thioether (sulfide) groups is 1. The van der Waals surface area contributed by atoms with Gasteiger partial charge in [-0.1, -0.05) is 18.7 Å². The third kappa shape index (κ3) is 4.77. The lowest BCUT2D eigenvalue weighted by Crippen LogP contribution is -2.00. The van der Waals surface area contributed by atoms with Gasteiger partial charge in [-0.15, -0.1) is 10.2 Å². The maximum atomic E-state index is 5.54. The number of hydrogen-bond acceptors (Lipinski definition) is 6. The zero-order chi connectivity index (χ0) is 19.1. The van der Waals surface area contributed by atoms with Crippen molar-refractivity contribution in [2.75, 3.05) is 19.0 Å². The molecule has 3 rings (SSSR count). The first-order valence-corrected chi connectivity index (χ1v) is 10.1. The summed E-state index contributed by atoms with van der Waals surface area (Å²) in [4.78, 5) is 4.76. The average Bonchev–Trinajstić information content (AvgIpc) is 2.70. The Labute approximate surface area is 164 Å². The first-order chi connectivity index (χ1) is 13.2. The van der Waals surface area contributed by atoms with Crippen LogP contribution in [0.15, 0.2) is 53.7 Å². The molecule has 6 heteroatoms. The van der Waals surface area contributed by atoms with Gasteiger partial charge in [-0.3, -0.25) is 0 Å².